The van der Waals surface area contributed by atoms with E-state index in [4.69, 9.17) is 4.74 Å². The van der Waals surface area contributed by atoms with Gasteiger partial charge in [-0.15, -0.1) is 0 Å². The third-order valence-electron chi connectivity index (χ3n) is 4.79. The summed E-state index contributed by atoms with van der Waals surface area (Å²) >= 11 is 0. The van der Waals surface area contributed by atoms with Gasteiger partial charge in [-0.05, 0) is 25.0 Å². The number of amides is 2. The number of likely N-dealkylation sites (tertiary alicyclic amines) is 2. The first-order chi connectivity index (χ1) is 11.1. The van der Waals surface area contributed by atoms with Crippen molar-refractivity contribution in [3.8, 4) is 5.75 Å². The number of ether oxygens (including phenoxy) is 1. The molecular formula is C17H19FN2O3. The van der Waals surface area contributed by atoms with Gasteiger partial charge in [0.15, 0.2) is 11.6 Å². The standard InChI is InChI=1S/C17H19FN2O3/c18-14-3-1-2-4-15(14)23-13-9-19(10-13)17(22)11-7-16(21)20(8-11)12-5-6-12/h1-4,11-13H,5-10H2/t11-/m1/s1. The number of para-hydroxylation sites is 1. The summed E-state index contributed by atoms with van der Waals surface area (Å²) in [5, 5.41) is 0. The highest BCUT2D eigenvalue weighted by Crippen LogP contribution is 2.33. The maximum atomic E-state index is 13.5. The molecule has 4 rings (SSSR count). The molecule has 0 radical (unpaired) electrons. The van der Waals surface area contributed by atoms with E-state index in [2.05, 4.69) is 0 Å². The lowest BCUT2D eigenvalue weighted by atomic mass is 10.0. The highest BCUT2D eigenvalue weighted by atomic mass is 19.1. The van der Waals surface area contributed by atoms with Crippen LogP contribution in [0.15, 0.2) is 24.3 Å². The molecule has 0 aromatic heterocycles. The molecule has 1 saturated carbocycles. The third-order valence-corrected chi connectivity index (χ3v) is 4.79. The number of halogens is 1. The first-order valence-electron chi connectivity index (χ1n) is 8.11. The van der Waals surface area contributed by atoms with Gasteiger partial charge < -0.3 is 14.5 Å². The van der Waals surface area contributed by atoms with Crippen LogP contribution in [-0.4, -0.2) is 53.4 Å². The first-order valence-corrected chi connectivity index (χ1v) is 8.11. The Bertz CT molecular complexity index is 640. The molecule has 3 aliphatic rings. The quantitative estimate of drug-likeness (QED) is 0.844. The summed E-state index contributed by atoms with van der Waals surface area (Å²) in [6, 6.07) is 6.64. The second-order valence-corrected chi connectivity index (χ2v) is 6.59. The number of hydrogen-bond acceptors (Lipinski definition) is 3. The van der Waals surface area contributed by atoms with E-state index in [0.717, 1.165) is 12.8 Å². The van der Waals surface area contributed by atoms with Crippen molar-refractivity contribution in [2.75, 3.05) is 19.6 Å². The predicted molar refractivity (Wildman–Crippen MR) is 80.2 cm³/mol. The number of hydrogen-bond donors (Lipinski definition) is 0. The van der Waals surface area contributed by atoms with Gasteiger partial charge in [0, 0.05) is 19.0 Å². The molecule has 1 aromatic carbocycles. The number of rotatable bonds is 4. The van der Waals surface area contributed by atoms with Gasteiger partial charge in [-0.25, -0.2) is 4.39 Å². The molecule has 2 amide bonds. The van der Waals surface area contributed by atoms with Crippen LogP contribution >= 0.6 is 0 Å². The van der Waals surface area contributed by atoms with Crippen molar-refractivity contribution < 1.29 is 18.7 Å². The van der Waals surface area contributed by atoms with E-state index in [1.54, 1.807) is 23.1 Å². The van der Waals surface area contributed by atoms with Gasteiger partial charge in [-0.3, -0.25) is 9.59 Å². The molecule has 122 valence electrons. The van der Waals surface area contributed by atoms with Gasteiger partial charge >= 0.3 is 0 Å². The van der Waals surface area contributed by atoms with Crippen molar-refractivity contribution in [3.63, 3.8) is 0 Å². The maximum Gasteiger partial charge on any atom is 0.228 e. The summed E-state index contributed by atoms with van der Waals surface area (Å²) in [5.74, 6) is -0.266. The molecule has 0 bridgehead atoms. The molecule has 2 aliphatic heterocycles. The number of benzene rings is 1. The molecule has 23 heavy (non-hydrogen) atoms. The van der Waals surface area contributed by atoms with Crippen molar-refractivity contribution in [2.24, 2.45) is 5.92 Å². The fourth-order valence-corrected chi connectivity index (χ4v) is 3.31. The topological polar surface area (TPSA) is 49.9 Å². The Labute approximate surface area is 134 Å². The SMILES string of the molecule is O=C([C@@H]1CC(=O)N(C2CC2)C1)N1CC(Oc2ccccc2F)C1. The van der Waals surface area contributed by atoms with Crippen LogP contribution in [0.1, 0.15) is 19.3 Å². The monoisotopic (exact) mass is 318 g/mol. The van der Waals surface area contributed by atoms with Crippen LogP contribution in [0, 0.1) is 11.7 Å². The summed E-state index contributed by atoms with van der Waals surface area (Å²) in [4.78, 5) is 27.9. The fourth-order valence-electron chi connectivity index (χ4n) is 3.31. The molecule has 2 heterocycles. The second-order valence-electron chi connectivity index (χ2n) is 6.59. The minimum absolute atomic E-state index is 0.0230. The van der Waals surface area contributed by atoms with E-state index < -0.39 is 5.82 Å². The van der Waals surface area contributed by atoms with Gasteiger partial charge in [0.1, 0.15) is 6.10 Å². The normalized spacial score (nSPS) is 24.7. The minimum atomic E-state index is -0.390. The van der Waals surface area contributed by atoms with E-state index in [1.807, 2.05) is 4.90 Å². The van der Waals surface area contributed by atoms with E-state index in [9.17, 15) is 14.0 Å². The minimum Gasteiger partial charge on any atom is -0.484 e. The Kier molecular flexibility index (Phi) is 3.47. The van der Waals surface area contributed by atoms with Crippen LogP contribution in [-0.2, 0) is 9.59 Å². The lowest BCUT2D eigenvalue weighted by Gasteiger charge is -2.40. The van der Waals surface area contributed by atoms with Crippen molar-refractivity contribution in [1.29, 1.82) is 0 Å². The average molecular weight is 318 g/mol. The predicted octanol–water partition coefficient (Wildman–Crippen LogP) is 1.43. The lowest BCUT2D eigenvalue weighted by molar-refractivity contribution is -0.144. The Morgan fingerprint density at radius 1 is 1.17 bits per heavy atom. The van der Waals surface area contributed by atoms with Crippen LogP contribution in [0.2, 0.25) is 0 Å². The van der Waals surface area contributed by atoms with Gasteiger partial charge in [0.25, 0.3) is 0 Å². The number of carbonyl (C=O) groups excluding carboxylic acids is 2. The van der Waals surface area contributed by atoms with Gasteiger partial charge in [0.05, 0.1) is 19.0 Å². The average Bonchev–Trinajstić information content (AvgIpc) is 3.26. The van der Waals surface area contributed by atoms with Gasteiger partial charge in [-0.1, -0.05) is 12.1 Å². The molecule has 0 unspecified atom stereocenters. The van der Waals surface area contributed by atoms with Crippen LogP contribution in [0.25, 0.3) is 0 Å². The molecule has 5 nitrogen and oxygen atoms in total. The van der Waals surface area contributed by atoms with E-state index in [1.165, 1.54) is 6.07 Å². The molecule has 1 aromatic rings. The summed E-state index contributed by atoms with van der Waals surface area (Å²) in [6.45, 7) is 1.47. The Hall–Kier alpha value is -2.11. The van der Waals surface area contributed by atoms with Crippen molar-refractivity contribution in [1.82, 2.24) is 9.80 Å². The fraction of sp³-hybridized carbons (Fsp3) is 0.529. The molecule has 1 atom stereocenters. The summed E-state index contributed by atoms with van der Waals surface area (Å²) < 4.78 is 19.1. The van der Waals surface area contributed by atoms with Crippen LogP contribution in [0.3, 0.4) is 0 Å². The smallest absolute Gasteiger partial charge is 0.228 e. The molecule has 3 fully saturated rings. The Morgan fingerprint density at radius 2 is 1.91 bits per heavy atom. The molecular weight excluding hydrogens is 299 g/mol. The molecule has 0 spiro atoms. The highest BCUT2D eigenvalue weighted by molar-refractivity contribution is 5.90. The zero-order valence-corrected chi connectivity index (χ0v) is 12.8. The van der Waals surface area contributed by atoms with E-state index >= 15 is 0 Å². The Morgan fingerprint density at radius 3 is 2.61 bits per heavy atom. The summed E-state index contributed by atoms with van der Waals surface area (Å²) in [5.41, 5.74) is 0. The van der Waals surface area contributed by atoms with E-state index in [-0.39, 0.29) is 29.6 Å². The summed E-state index contributed by atoms with van der Waals surface area (Å²) in [6.07, 6.45) is 2.28. The van der Waals surface area contributed by atoms with Crippen molar-refractivity contribution in [3.05, 3.63) is 30.1 Å². The van der Waals surface area contributed by atoms with Crippen molar-refractivity contribution >= 4 is 11.8 Å². The van der Waals surface area contributed by atoms with Crippen LogP contribution in [0.4, 0.5) is 4.39 Å². The molecule has 2 saturated heterocycles. The third kappa shape index (κ3) is 2.78. The maximum absolute atomic E-state index is 13.5. The second kappa shape index (κ2) is 5.51. The molecule has 0 N–H and O–H groups in total. The first kappa shape index (κ1) is 14.5. The zero-order valence-electron chi connectivity index (χ0n) is 12.8. The number of carbonyl (C=O) groups is 2. The van der Waals surface area contributed by atoms with E-state index in [0.29, 0.717) is 32.1 Å². The van der Waals surface area contributed by atoms with Gasteiger partial charge in [0.2, 0.25) is 11.8 Å². The molecule has 6 heteroatoms. The number of nitrogens with zero attached hydrogens (tertiary/aromatic N) is 2. The lowest BCUT2D eigenvalue weighted by Crippen LogP contribution is -2.57. The van der Waals surface area contributed by atoms with Gasteiger partial charge in [-0.2, -0.15) is 0 Å². The largest absolute Gasteiger partial charge is 0.484 e. The zero-order chi connectivity index (χ0) is 16.0. The summed E-state index contributed by atoms with van der Waals surface area (Å²) in [7, 11) is 0. The highest BCUT2D eigenvalue weighted by Gasteiger charge is 2.45. The van der Waals surface area contributed by atoms with Crippen LogP contribution < -0.4 is 4.74 Å². The molecule has 1 aliphatic carbocycles. The Balaban J connectivity index is 1.29. The van der Waals surface area contributed by atoms with Crippen molar-refractivity contribution in [2.45, 2.75) is 31.4 Å². The van der Waals surface area contributed by atoms with Crippen LogP contribution in [0.5, 0.6) is 5.75 Å².